The van der Waals surface area contributed by atoms with Crippen molar-refractivity contribution >= 4 is 46.7 Å². The highest BCUT2D eigenvalue weighted by Crippen LogP contribution is 2.33. The maximum Gasteiger partial charge on any atom is 0.329 e. The minimum Gasteiger partial charge on any atom is -0.461 e. The standard InChI is InChI=1S/C31H28Cl3N3O3/c1-19-28(30(38)35-26(17-20-7-3-2-4-8-20)31(39)40-24-9-5-6-10-24)36-37(27-16-15-23(33)18-25(27)34)29(19)21-11-13-22(32)14-12-21/h2-4,7-8,11-16,18,24,26H,5-6,9-10,17H2,1H3,(H,35,38)/t26-/m0/s1. The summed E-state index contributed by atoms with van der Waals surface area (Å²) < 4.78 is 7.42. The van der Waals surface area contributed by atoms with E-state index >= 15 is 0 Å². The van der Waals surface area contributed by atoms with Gasteiger partial charge in [-0.25, -0.2) is 9.48 Å². The molecule has 1 aliphatic carbocycles. The van der Waals surface area contributed by atoms with Crippen LogP contribution < -0.4 is 5.32 Å². The fourth-order valence-corrected chi connectivity index (χ4v) is 5.62. The molecular weight excluding hydrogens is 569 g/mol. The van der Waals surface area contributed by atoms with Gasteiger partial charge in [0.25, 0.3) is 5.91 Å². The summed E-state index contributed by atoms with van der Waals surface area (Å²) in [4.78, 5) is 27.0. The lowest BCUT2D eigenvalue weighted by Gasteiger charge is -2.20. The number of amides is 1. The first-order valence-corrected chi connectivity index (χ1v) is 14.3. The van der Waals surface area contributed by atoms with Gasteiger partial charge < -0.3 is 10.1 Å². The average Bonchev–Trinajstić information content (AvgIpc) is 3.57. The first-order chi connectivity index (χ1) is 19.3. The van der Waals surface area contributed by atoms with Gasteiger partial charge in [-0.1, -0.05) is 77.3 Å². The Morgan fingerprint density at radius 2 is 1.65 bits per heavy atom. The second-order valence-corrected chi connectivity index (χ2v) is 11.2. The molecular formula is C31H28Cl3N3O3. The predicted octanol–water partition coefficient (Wildman–Crippen LogP) is 7.63. The molecule has 206 valence electrons. The molecule has 0 spiro atoms. The number of esters is 1. The molecule has 1 heterocycles. The van der Waals surface area contributed by atoms with Crippen LogP contribution in [0, 0.1) is 6.92 Å². The zero-order chi connectivity index (χ0) is 28.2. The fourth-order valence-electron chi connectivity index (χ4n) is 5.01. The highest BCUT2D eigenvalue weighted by atomic mass is 35.5. The van der Waals surface area contributed by atoms with Gasteiger partial charge in [-0.2, -0.15) is 5.10 Å². The molecule has 1 aliphatic rings. The smallest absolute Gasteiger partial charge is 0.329 e. The van der Waals surface area contributed by atoms with E-state index in [2.05, 4.69) is 10.4 Å². The second-order valence-electron chi connectivity index (χ2n) is 9.90. The number of rotatable bonds is 8. The van der Waals surface area contributed by atoms with E-state index in [0.717, 1.165) is 36.8 Å². The van der Waals surface area contributed by atoms with E-state index in [1.54, 1.807) is 35.0 Å². The summed E-state index contributed by atoms with van der Waals surface area (Å²) in [7, 11) is 0. The number of ether oxygens (including phenoxy) is 1. The Hall–Kier alpha value is -3.32. The quantitative estimate of drug-likeness (QED) is 0.212. The van der Waals surface area contributed by atoms with Crippen molar-refractivity contribution < 1.29 is 14.3 Å². The van der Waals surface area contributed by atoms with E-state index in [0.29, 0.717) is 38.4 Å². The zero-order valence-corrected chi connectivity index (χ0v) is 24.1. The number of carbonyl (C=O) groups is 2. The molecule has 0 aliphatic heterocycles. The van der Waals surface area contributed by atoms with Gasteiger partial charge >= 0.3 is 5.97 Å². The third-order valence-electron chi connectivity index (χ3n) is 7.05. The Kier molecular flexibility index (Phi) is 8.79. The highest BCUT2D eigenvalue weighted by Gasteiger charge is 2.30. The van der Waals surface area contributed by atoms with E-state index in [1.807, 2.05) is 49.4 Å². The fraction of sp³-hybridized carbons (Fsp3) is 0.258. The SMILES string of the molecule is Cc1c(C(=O)N[C@@H](Cc2ccccc2)C(=O)OC2CCCC2)nn(-c2ccc(Cl)cc2Cl)c1-c1ccc(Cl)cc1. The normalized spacial score (nSPS) is 14.2. The summed E-state index contributed by atoms with van der Waals surface area (Å²) in [5, 5.41) is 9.03. The van der Waals surface area contributed by atoms with E-state index in [4.69, 9.17) is 39.5 Å². The average molecular weight is 597 g/mol. The van der Waals surface area contributed by atoms with Crippen LogP contribution >= 0.6 is 34.8 Å². The number of benzene rings is 3. The van der Waals surface area contributed by atoms with Crippen molar-refractivity contribution in [3.63, 3.8) is 0 Å². The first kappa shape index (κ1) is 28.2. The Morgan fingerprint density at radius 3 is 2.33 bits per heavy atom. The highest BCUT2D eigenvalue weighted by molar-refractivity contribution is 6.35. The Morgan fingerprint density at radius 1 is 0.975 bits per heavy atom. The first-order valence-electron chi connectivity index (χ1n) is 13.2. The molecule has 0 unspecified atom stereocenters. The summed E-state index contributed by atoms with van der Waals surface area (Å²) in [6.07, 6.45) is 3.93. The van der Waals surface area contributed by atoms with Crippen LogP contribution in [0.3, 0.4) is 0 Å². The molecule has 4 aromatic rings. The van der Waals surface area contributed by atoms with E-state index in [-0.39, 0.29) is 11.8 Å². The molecule has 0 bridgehead atoms. The minimum atomic E-state index is -0.877. The Labute approximate surface area is 248 Å². The lowest BCUT2D eigenvalue weighted by Crippen LogP contribution is -2.44. The number of nitrogens with one attached hydrogen (secondary N) is 1. The number of hydrogen-bond acceptors (Lipinski definition) is 4. The lowest BCUT2D eigenvalue weighted by molar-refractivity contribution is -0.151. The van der Waals surface area contributed by atoms with E-state index in [1.165, 1.54) is 0 Å². The van der Waals surface area contributed by atoms with Crippen molar-refractivity contribution in [3.8, 4) is 16.9 Å². The van der Waals surface area contributed by atoms with Crippen LogP contribution in [0.15, 0.2) is 72.8 Å². The number of aromatic nitrogens is 2. The van der Waals surface area contributed by atoms with Gasteiger partial charge in [0.15, 0.2) is 5.69 Å². The molecule has 1 saturated carbocycles. The molecule has 6 nitrogen and oxygen atoms in total. The summed E-state index contributed by atoms with van der Waals surface area (Å²) in [5.41, 5.74) is 3.71. The summed E-state index contributed by atoms with van der Waals surface area (Å²) in [5.74, 6) is -0.930. The Bertz CT molecular complexity index is 1510. The molecule has 9 heteroatoms. The van der Waals surface area contributed by atoms with Crippen LogP contribution in [0.4, 0.5) is 0 Å². The molecule has 5 rings (SSSR count). The molecule has 0 radical (unpaired) electrons. The summed E-state index contributed by atoms with van der Waals surface area (Å²) in [6, 6.07) is 21.0. The van der Waals surface area contributed by atoms with E-state index in [9.17, 15) is 9.59 Å². The van der Waals surface area contributed by atoms with Gasteiger partial charge in [-0.05, 0) is 68.5 Å². The van der Waals surface area contributed by atoms with Gasteiger partial charge in [-0.15, -0.1) is 0 Å². The molecule has 1 N–H and O–H groups in total. The van der Waals surface area contributed by atoms with Crippen molar-refractivity contribution in [3.05, 3.63) is 105 Å². The third kappa shape index (κ3) is 6.35. The summed E-state index contributed by atoms with van der Waals surface area (Å²) in [6.45, 7) is 1.81. The van der Waals surface area contributed by atoms with Gasteiger partial charge in [0.2, 0.25) is 0 Å². The predicted molar refractivity (Wildman–Crippen MR) is 159 cm³/mol. The van der Waals surface area contributed by atoms with Crippen molar-refractivity contribution in [2.24, 2.45) is 0 Å². The van der Waals surface area contributed by atoms with Crippen molar-refractivity contribution in [2.75, 3.05) is 0 Å². The molecule has 0 saturated heterocycles. The largest absolute Gasteiger partial charge is 0.461 e. The Balaban J connectivity index is 1.51. The lowest BCUT2D eigenvalue weighted by atomic mass is 10.0. The molecule has 1 aromatic heterocycles. The van der Waals surface area contributed by atoms with Crippen molar-refractivity contribution in [2.45, 2.75) is 51.2 Å². The number of nitrogens with zero attached hydrogens (tertiary/aromatic N) is 2. The van der Waals surface area contributed by atoms with E-state index < -0.39 is 17.9 Å². The van der Waals surface area contributed by atoms with Crippen LogP contribution in [0.2, 0.25) is 15.1 Å². The monoisotopic (exact) mass is 595 g/mol. The maximum absolute atomic E-state index is 13.8. The van der Waals surface area contributed by atoms with Crippen LogP contribution in [-0.2, 0) is 16.0 Å². The van der Waals surface area contributed by atoms with Crippen LogP contribution in [0.1, 0.15) is 47.3 Å². The van der Waals surface area contributed by atoms with Crippen molar-refractivity contribution in [1.29, 1.82) is 0 Å². The molecule has 1 fully saturated rings. The summed E-state index contributed by atoms with van der Waals surface area (Å²) >= 11 is 18.8. The van der Waals surface area contributed by atoms with Gasteiger partial charge in [0, 0.05) is 27.6 Å². The number of halogens is 3. The van der Waals surface area contributed by atoms with Gasteiger partial charge in [-0.3, -0.25) is 4.79 Å². The maximum atomic E-state index is 13.8. The number of carbonyl (C=O) groups excluding carboxylic acids is 2. The van der Waals surface area contributed by atoms with Crippen molar-refractivity contribution in [1.82, 2.24) is 15.1 Å². The van der Waals surface area contributed by atoms with Crippen LogP contribution in [0.25, 0.3) is 16.9 Å². The molecule has 3 aromatic carbocycles. The van der Waals surface area contributed by atoms with Crippen LogP contribution in [0.5, 0.6) is 0 Å². The van der Waals surface area contributed by atoms with Gasteiger partial charge in [0.05, 0.1) is 16.4 Å². The zero-order valence-electron chi connectivity index (χ0n) is 21.9. The number of hydrogen-bond donors (Lipinski definition) is 1. The van der Waals surface area contributed by atoms with Gasteiger partial charge in [0.1, 0.15) is 12.1 Å². The molecule has 1 atom stereocenters. The third-order valence-corrected chi connectivity index (χ3v) is 7.84. The minimum absolute atomic E-state index is 0.118. The molecule has 1 amide bonds. The second kappa shape index (κ2) is 12.5. The molecule has 40 heavy (non-hydrogen) atoms. The topological polar surface area (TPSA) is 73.2 Å². The van der Waals surface area contributed by atoms with Crippen LogP contribution in [-0.4, -0.2) is 33.8 Å².